The minimum absolute atomic E-state index is 0.117. The highest BCUT2D eigenvalue weighted by Crippen LogP contribution is 2.31. The van der Waals surface area contributed by atoms with Crippen LogP contribution in [0.5, 0.6) is 0 Å². The van der Waals surface area contributed by atoms with E-state index in [-0.39, 0.29) is 12.5 Å². The van der Waals surface area contributed by atoms with Gasteiger partial charge in [-0.15, -0.1) is 0 Å². The molecule has 0 radical (unpaired) electrons. The molecule has 1 saturated heterocycles. The van der Waals surface area contributed by atoms with Gasteiger partial charge in [-0.3, -0.25) is 4.98 Å². The predicted octanol–water partition coefficient (Wildman–Crippen LogP) is 1.20. The number of rotatable bonds is 3. The van der Waals surface area contributed by atoms with Crippen LogP contribution in [-0.2, 0) is 0 Å². The Balaban J connectivity index is 1.93. The van der Waals surface area contributed by atoms with Crippen LogP contribution in [-0.4, -0.2) is 29.8 Å². The maximum absolute atomic E-state index is 11.2. The van der Waals surface area contributed by atoms with E-state index in [1.54, 1.807) is 0 Å². The van der Waals surface area contributed by atoms with Crippen molar-refractivity contribution in [2.75, 3.05) is 19.7 Å². The summed E-state index contributed by atoms with van der Waals surface area (Å²) in [7, 11) is 0. The van der Waals surface area contributed by atoms with Gasteiger partial charge < -0.3 is 14.8 Å². The topological polar surface area (TPSA) is 78.3 Å². The first-order valence-corrected chi connectivity index (χ1v) is 6.72. The number of aromatic amines is 1. The van der Waals surface area contributed by atoms with Crippen molar-refractivity contribution in [3.8, 4) is 0 Å². The number of aromatic nitrogens is 1. The number of hydrogen-bond donors (Lipinski definition) is 3. The van der Waals surface area contributed by atoms with Gasteiger partial charge in [0.1, 0.15) is 0 Å². The van der Waals surface area contributed by atoms with Crippen LogP contribution in [0.15, 0.2) is 27.4 Å². The van der Waals surface area contributed by atoms with Gasteiger partial charge in [-0.05, 0) is 49.5 Å². The Bertz CT molecular complexity index is 610. The van der Waals surface area contributed by atoms with Crippen LogP contribution in [0.1, 0.15) is 24.3 Å². The van der Waals surface area contributed by atoms with E-state index in [4.69, 9.17) is 4.42 Å². The van der Waals surface area contributed by atoms with E-state index < -0.39 is 5.76 Å². The normalized spacial score (nSPS) is 18.8. The zero-order valence-electron chi connectivity index (χ0n) is 10.7. The minimum atomic E-state index is -0.436. The fourth-order valence-corrected chi connectivity index (χ4v) is 2.97. The Morgan fingerprint density at radius 2 is 2.16 bits per heavy atom. The van der Waals surface area contributed by atoms with Crippen molar-refractivity contribution in [1.82, 2.24) is 10.3 Å². The highest BCUT2D eigenvalue weighted by Gasteiger charge is 2.24. The molecule has 2 heterocycles. The molecule has 1 aromatic heterocycles. The van der Waals surface area contributed by atoms with Crippen LogP contribution < -0.4 is 11.1 Å². The second-order valence-corrected chi connectivity index (χ2v) is 5.15. The lowest BCUT2D eigenvalue weighted by Gasteiger charge is -2.29. The SMILES string of the molecule is O=c1[nH]c2ccc(C(CO)C3CCNCC3)cc2o1. The molecule has 3 N–H and O–H groups in total. The molecule has 0 amide bonds. The van der Waals surface area contributed by atoms with Crippen molar-refractivity contribution in [3.63, 3.8) is 0 Å². The third kappa shape index (κ3) is 2.43. The Morgan fingerprint density at radius 3 is 2.89 bits per heavy atom. The summed E-state index contributed by atoms with van der Waals surface area (Å²) < 4.78 is 5.09. The first kappa shape index (κ1) is 12.4. The molecule has 5 heteroatoms. The van der Waals surface area contributed by atoms with Crippen molar-refractivity contribution in [1.29, 1.82) is 0 Å². The Hall–Kier alpha value is -1.59. The quantitative estimate of drug-likeness (QED) is 0.776. The molecule has 2 aromatic rings. The molecule has 1 aliphatic heterocycles. The standard InChI is InChI=1S/C14H18N2O3/c17-8-11(9-3-5-15-6-4-9)10-1-2-12-13(7-10)19-14(18)16-12/h1-2,7,9,11,15,17H,3-6,8H2,(H,16,18). The molecule has 1 aliphatic rings. The average Bonchev–Trinajstić information content (AvgIpc) is 2.80. The second-order valence-electron chi connectivity index (χ2n) is 5.15. The molecule has 3 rings (SSSR count). The lowest BCUT2D eigenvalue weighted by molar-refractivity contribution is 0.201. The molecule has 0 bridgehead atoms. The van der Waals surface area contributed by atoms with E-state index in [9.17, 15) is 9.90 Å². The number of hydrogen-bond acceptors (Lipinski definition) is 4. The van der Waals surface area contributed by atoms with Crippen LogP contribution in [0.2, 0.25) is 0 Å². The third-order valence-corrected chi connectivity index (χ3v) is 4.02. The number of aliphatic hydroxyl groups is 1. The molecule has 0 saturated carbocycles. The highest BCUT2D eigenvalue weighted by atomic mass is 16.4. The molecular weight excluding hydrogens is 244 g/mol. The van der Waals surface area contributed by atoms with E-state index in [0.717, 1.165) is 31.5 Å². The van der Waals surface area contributed by atoms with Crippen LogP contribution in [0.3, 0.4) is 0 Å². The van der Waals surface area contributed by atoms with Gasteiger partial charge in [0.15, 0.2) is 5.58 Å². The summed E-state index contributed by atoms with van der Waals surface area (Å²) in [6.07, 6.45) is 2.14. The first-order valence-electron chi connectivity index (χ1n) is 6.72. The maximum Gasteiger partial charge on any atom is 0.417 e. The van der Waals surface area contributed by atoms with Crippen LogP contribution >= 0.6 is 0 Å². The summed E-state index contributed by atoms with van der Waals surface area (Å²) in [4.78, 5) is 13.8. The van der Waals surface area contributed by atoms with Gasteiger partial charge in [-0.1, -0.05) is 6.07 Å². The van der Waals surface area contributed by atoms with E-state index in [1.165, 1.54) is 0 Å². The molecule has 102 valence electrons. The molecule has 19 heavy (non-hydrogen) atoms. The number of piperidine rings is 1. The van der Waals surface area contributed by atoms with Crippen molar-refractivity contribution >= 4 is 11.1 Å². The lowest BCUT2D eigenvalue weighted by atomic mass is 9.81. The summed E-state index contributed by atoms with van der Waals surface area (Å²) in [5.41, 5.74) is 2.32. The van der Waals surface area contributed by atoms with Crippen LogP contribution in [0.25, 0.3) is 11.1 Å². The summed E-state index contributed by atoms with van der Waals surface area (Å²) in [5.74, 6) is 0.163. The van der Waals surface area contributed by atoms with Crippen molar-refractivity contribution < 1.29 is 9.52 Å². The molecule has 5 nitrogen and oxygen atoms in total. The monoisotopic (exact) mass is 262 g/mol. The van der Waals surface area contributed by atoms with Gasteiger partial charge in [0, 0.05) is 5.92 Å². The molecule has 1 aromatic carbocycles. The number of fused-ring (bicyclic) bond motifs is 1. The zero-order valence-corrected chi connectivity index (χ0v) is 10.7. The van der Waals surface area contributed by atoms with Gasteiger partial charge in [-0.25, -0.2) is 4.79 Å². The molecule has 1 fully saturated rings. The van der Waals surface area contributed by atoms with Gasteiger partial charge in [-0.2, -0.15) is 0 Å². The van der Waals surface area contributed by atoms with E-state index in [1.807, 2.05) is 18.2 Å². The maximum atomic E-state index is 11.2. The van der Waals surface area contributed by atoms with Gasteiger partial charge >= 0.3 is 5.76 Å². The fourth-order valence-electron chi connectivity index (χ4n) is 2.97. The molecular formula is C14H18N2O3. The number of aliphatic hydroxyl groups excluding tert-OH is 1. The van der Waals surface area contributed by atoms with Gasteiger partial charge in [0.2, 0.25) is 0 Å². The zero-order chi connectivity index (χ0) is 13.2. The van der Waals surface area contributed by atoms with E-state index >= 15 is 0 Å². The van der Waals surface area contributed by atoms with Crippen molar-refractivity contribution in [2.45, 2.75) is 18.8 Å². The van der Waals surface area contributed by atoms with Crippen molar-refractivity contribution in [3.05, 3.63) is 34.3 Å². The summed E-state index contributed by atoms with van der Waals surface area (Å²) >= 11 is 0. The Morgan fingerprint density at radius 1 is 1.37 bits per heavy atom. The van der Waals surface area contributed by atoms with Crippen LogP contribution in [0.4, 0.5) is 0 Å². The first-order chi connectivity index (χ1) is 9.28. The summed E-state index contributed by atoms with van der Waals surface area (Å²) in [6, 6.07) is 5.69. The Labute approximate surface area is 110 Å². The predicted molar refractivity (Wildman–Crippen MR) is 72.3 cm³/mol. The fraction of sp³-hybridized carbons (Fsp3) is 0.500. The van der Waals surface area contributed by atoms with Gasteiger partial charge in [0.05, 0.1) is 12.1 Å². The summed E-state index contributed by atoms with van der Waals surface area (Å²) in [6.45, 7) is 2.14. The van der Waals surface area contributed by atoms with E-state index in [2.05, 4.69) is 10.3 Å². The summed E-state index contributed by atoms with van der Waals surface area (Å²) in [5, 5.41) is 13.0. The number of oxazole rings is 1. The Kier molecular flexibility index (Phi) is 3.40. The minimum Gasteiger partial charge on any atom is -0.408 e. The largest absolute Gasteiger partial charge is 0.417 e. The number of H-pyrrole nitrogens is 1. The van der Waals surface area contributed by atoms with Crippen LogP contribution in [0, 0.1) is 5.92 Å². The number of nitrogens with one attached hydrogen (secondary N) is 2. The molecule has 1 unspecified atom stereocenters. The van der Waals surface area contributed by atoms with Gasteiger partial charge in [0.25, 0.3) is 0 Å². The smallest absolute Gasteiger partial charge is 0.408 e. The van der Waals surface area contributed by atoms with Crippen molar-refractivity contribution in [2.24, 2.45) is 5.92 Å². The number of benzene rings is 1. The molecule has 1 atom stereocenters. The van der Waals surface area contributed by atoms with E-state index in [0.29, 0.717) is 17.0 Å². The lowest BCUT2D eigenvalue weighted by Crippen LogP contribution is -2.32. The highest BCUT2D eigenvalue weighted by molar-refractivity contribution is 5.72. The second kappa shape index (κ2) is 5.19. The molecule has 0 spiro atoms. The third-order valence-electron chi connectivity index (χ3n) is 4.02. The molecule has 0 aliphatic carbocycles. The average molecular weight is 262 g/mol.